The lowest BCUT2D eigenvalue weighted by Gasteiger charge is -2.22. The second kappa shape index (κ2) is 8.31. The fourth-order valence-corrected chi connectivity index (χ4v) is 3.25. The van der Waals surface area contributed by atoms with Gasteiger partial charge in [-0.2, -0.15) is 0 Å². The van der Waals surface area contributed by atoms with Crippen LogP contribution in [0.5, 0.6) is 0 Å². The zero-order valence-corrected chi connectivity index (χ0v) is 13.9. The molecule has 2 atom stereocenters. The van der Waals surface area contributed by atoms with Crippen LogP contribution in [-0.2, 0) is 15.9 Å². The van der Waals surface area contributed by atoms with Crippen molar-refractivity contribution in [2.45, 2.75) is 31.8 Å². The van der Waals surface area contributed by atoms with Gasteiger partial charge in [0.15, 0.2) is 5.96 Å². The fraction of sp³-hybridized carbons (Fsp3) is 0.611. The predicted molar refractivity (Wildman–Crippen MR) is 92.0 cm³/mol. The summed E-state index contributed by atoms with van der Waals surface area (Å²) in [4.78, 5) is 4.64. The number of nitrogens with one attached hydrogen (secondary N) is 2. The molecule has 0 aromatic heterocycles. The van der Waals surface area contributed by atoms with Gasteiger partial charge in [-0.1, -0.05) is 24.3 Å². The minimum absolute atomic E-state index is 0.0754. The van der Waals surface area contributed by atoms with E-state index in [4.69, 9.17) is 9.47 Å². The summed E-state index contributed by atoms with van der Waals surface area (Å²) in [5.41, 5.74) is 2.98. The molecule has 126 valence electrons. The topological polar surface area (TPSA) is 54.9 Å². The molecule has 5 heteroatoms. The molecule has 2 aliphatic rings. The molecule has 0 saturated carbocycles. The lowest BCUT2D eigenvalue weighted by molar-refractivity contribution is -0.0832. The quantitative estimate of drug-likeness (QED) is 0.641. The standard InChI is InChI=1S/C18H27N3O2/c1-2-19-18(21-12-16-13-22-9-10-23-16)20-11-15-8-7-14-5-3-4-6-17(14)15/h3-6,15-16H,2,7-13H2,1H3,(H2,19,20,21). The molecule has 23 heavy (non-hydrogen) atoms. The van der Waals surface area contributed by atoms with Crippen molar-refractivity contribution in [2.24, 2.45) is 4.99 Å². The van der Waals surface area contributed by atoms with Crippen molar-refractivity contribution < 1.29 is 9.47 Å². The van der Waals surface area contributed by atoms with Crippen LogP contribution in [0.3, 0.4) is 0 Å². The number of hydrogen-bond acceptors (Lipinski definition) is 3. The number of aryl methyl sites for hydroxylation is 1. The average molecular weight is 317 g/mol. The molecule has 3 rings (SSSR count). The molecule has 0 radical (unpaired) electrons. The fourth-order valence-electron chi connectivity index (χ4n) is 3.25. The van der Waals surface area contributed by atoms with Crippen molar-refractivity contribution >= 4 is 5.96 Å². The number of guanidine groups is 1. The van der Waals surface area contributed by atoms with Gasteiger partial charge in [-0.05, 0) is 30.9 Å². The monoisotopic (exact) mass is 317 g/mol. The van der Waals surface area contributed by atoms with Crippen LogP contribution in [0.4, 0.5) is 0 Å². The Kier molecular flexibility index (Phi) is 5.88. The Morgan fingerprint density at radius 2 is 2.17 bits per heavy atom. The van der Waals surface area contributed by atoms with Gasteiger partial charge in [0.05, 0.1) is 26.4 Å². The Hall–Kier alpha value is -1.59. The normalized spacial score (nSPS) is 24.3. The first-order valence-corrected chi connectivity index (χ1v) is 8.66. The van der Waals surface area contributed by atoms with Crippen LogP contribution in [-0.4, -0.2) is 51.5 Å². The van der Waals surface area contributed by atoms with Crippen molar-refractivity contribution in [1.82, 2.24) is 10.6 Å². The van der Waals surface area contributed by atoms with E-state index in [9.17, 15) is 0 Å². The van der Waals surface area contributed by atoms with Gasteiger partial charge in [0, 0.05) is 19.0 Å². The summed E-state index contributed by atoms with van der Waals surface area (Å²) in [5.74, 6) is 1.44. The van der Waals surface area contributed by atoms with E-state index in [0.717, 1.165) is 19.0 Å². The number of fused-ring (bicyclic) bond motifs is 1. The number of aliphatic imine (C=N–C) groups is 1. The molecule has 0 amide bonds. The first-order valence-electron chi connectivity index (χ1n) is 8.66. The number of rotatable bonds is 5. The van der Waals surface area contributed by atoms with Gasteiger partial charge in [-0.25, -0.2) is 0 Å². The predicted octanol–water partition coefficient (Wildman–Crippen LogP) is 1.69. The van der Waals surface area contributed by atoms with E-state index in [2.05, 4.69) is 46.8 Å². The van der Waals surface area contributed by atoms with Crippen LogP contribution in [0.1, 0.15) is 30.4 Å². The van der Waals surface area contributed by atoms with E-state index in [-0.39, 0.29) is 6.10 Å². The number of hydrogen-bond donors (Lipinski definition) is 2. The molecule has 1 fully saturated rings. The summed E-state index contributed by atoms with van der Waals surface area (Å²) in [5, 5.41) is 6.80. The molecule has 0 spiro atoms. The molecule has 1 aromatic rings. The van der Waals surface area contributed by atoms with Crippen LogP contribution >= 0.6 is 0 Å². The van der Waals surface area contributed by atoms with E-state index >= 15 is 0 Å². The summed E-state index contributed by atoms with van der Waals surface area (Å²) in [7, 11) is 0. The van der Waals surface area contributed by atoms with Gasteiger partial charge in [0.1, 0.15) is 6.10 Å². The highest BCUT2D eigenvalue weighted by Gasteiger charge is 2.22. The van der Waals surface area contributed by atoms with E-state index in [1.54, 1.807) is 0 Å². The van der Waals surface area contributed by atoms with Gasteiger partial charge in [0.25, 0.3) is 0 Å². The third kappa shape index (κ3) is 4.45. The molecule has 0 bridgehead atoms. The highest BCUT2D eigenvalue weighted by molar-refractivity contribution is 5.79. The third-order valence-corrected chi connectivity index (χ3v) is 4.46. The maximum Gasteiger partial charge on any atom is 0.191 e. The van der Waals surface area contributed by atoms with Gasteiger partial charge < -0.3 is 20.1 Å². The molecular formula is C18H27N3O2. The highest BCUT2D eigenvalue weighted by Crippen LogP contribution is 2.32. The minimum atomic E-state index is 0.0754. The maximum absolute atomic E-state index is 5.64. The van der Waals surface area contributed by atoms with Crippen LogP contribution in [0.2, 0.25) is 0 Å². The summed E-state index contributed by atoms with van der Waals surface area (Å²) in [6, 6.07) is 8.77. The Bertz CT molecular complexity index is 527. The second-order valence-electron chi connectivity index (χ2n) is 6.10. The Morgan fingerprint density at radius 3 is 3.00 bits per heavy atom. The first-order chi connectivity index (χ1) is 11.4. The minimum Gasteiger partial charge on any atom is -0.376 e. The zero-order valence-electron chi connectivity index (χ0n) is 13.9. The van der Waals surface area contributed by atoms with Crippen molar-refractivity contribution in [3.8, 4) is 0 Å². The molecular weight excluding hydrogens is 290 g/mol. The lowest BCUT2D eigenvalue weighted by Crippen LogP contribution is -2.40. The van der Waals surface area contributed by atoms with Crippen LogP contribution in [0.15, 0.2) is 29.3 Å². The summed E-state index contributed by atoms with van der Waals surface area (Å²) in [6.45, 7) is 6.50. The molecule has 5 nitrogen and oxygen atoms in total. The Balaban J connectivity index is 1.53. The van der Waals surface area contributed by atoms with Gasteiger partial charge >= 0.3 is 0 Å². The highest BCUT2D eigenvalue weighted by atomic mass is 16.6. The van der Waals surface area contributed by atoms with Gasteiger partial charge in [-0.3, -0.25) is 4.99 Å². The largest absolute Gasteiger partial charge is 0.376 e. The molecule has 1 aliphatic carbocycles. The zero-order chi connectivity index (χ0) is 15.9. The van der Waals surface area contributed by atoms with Gasteiger partial charge in [-0.15, -0.1) is 0 Å². The SMILES string of the molecule is CCNC(=NCC1COCCO1)NCC1CCc2ccccc21. The first kappa shape index (κ1) is 16.3. The molecule has 1 aromatic carbocycles. The summed E-state index contributed by atoms with van der Waals surface area (Å²) >= 11 is 0. The van der Waals surface area contributed by atoms with E-state index in [1.165, 1.54) is 24.0 Å². The van der Waals surface area contributed by atoms with Gasteiger partial charge in [0.2, 0.25) is 0 Å². The Labute approximate surface area is 138 Å². The van der Waals surface area contributed by atoms with Crippen molar-refractivity contribution in [3.63, 3.8) is 0 Å². The number of nitrogens with zero attached hydrogens (tertiary/aromatic N) is 1. The van der Waals surface area contributed by atoms with Crippen molar-refractivity contribution in [3.05, 3.63) is 35.4 Å². The smallest absolute Gasteiger partial charge is 0.191 e. The molecule has 1 aliphatic heterocycles. The lowest BCUT2D eigenvalue weighted by atomic mass is 10.0. The second-order valence-corrected chi connectivity index (χ2v) is 6.10. The third-order valence-electron chi connectivity index (χ3n) is 4.46. The molecule has 1 heterocycles. The molecule has 2 N–H and O–H groups in total. The van der Waals surface area contributed by atoms with E-state index in [0.29, 0.717) is 32.3 Å². The van der Waals surface area contributed by atoms with E-state index in [1.807, 2.05) is 0 Å². The van der Waals surface area contributed by atoms with E-state index < -0.39 is 0 Å². The number of benzene rings is 1. The van der Waals surface area contributed by atoms with Crippen LogP contribution in [0, 0.1) is 0 Å². The summed E-state index contributed by atoms with van der Waals surface area (Å²) in [6.07, 6.45) is 2.47. The summed E-state index contributed by atoms with van der Waals surface area (Å²) < 4.78 is 11.1. The number of ether oxygens (including phenoxy) is 2. The average Bonchev–Trinajstić information content (AvgIpc) is 3.01. The van der Waals surface area contributed by atoms with Crippen LogP contribution < -0.4 is 10.6 Å². The Morgan fingerprint density at radius 1 is 1.26 bits per heavy atom. The van der Waals surface area contributed by atoms with Crippen molar-refractivity contribution in [2.75, 3.05) is 39.5 Å². The molecule has 2 unspecified atom stereocenters. The molecule has 1 saturated heterocycles. The van der Waals surface area contributed by atoms with Crippen molar-refractivity contribution in [1.29, 1.82) is 0 Å². The van der Waals surface area contributed by atoms with Crippen LogP contribution in [0.25, 0.3) is 0 Å². The maximum atomic E-state index is 5.64.